The highest BCUT2D eigenvalue weighted by atomic mass is 16.5. The molecule has 2 rings (SSSR count). The molecular formula is C17H25N3O2. The summed E-state index contributed by atoms with van der Waals surface area (Å²) in [5.41, 5.74) is 1.20. The molecule has 0 bridgehead atoms. The predicted octanol–water partition coefficient (Wildman–Crippen LogP) is 2.26. The van der Waals surface area contributed by atoms with Gasteiger partial charge in [-0.1, -0.05) is 20.8 Å². The lowest BCUT2D eigenvalue weighted by Gasteiger charge is -2.42. The summed E-state index contributed by atoms with van der Waals surface area (Å²) < 4.78 is 5.25. The van der Waals surface area contributed by atoms with Crippen molar-refractivity contribution in [1.29, 1.82) is 5.26 Å². The number of rotatable bonds is 3. The first-order chi connectivity index (χ1) is 10.4. The van der Waals surface area contributed by atoms with Crippen LogP contribution < -0.4 is 10.1 Å². The third-order valence-corrected chi connectivity index (χ3v) is 4.09. The molecule has 2 N–H and O–H groups in total. The van der Waals surface area contributed by atoms with Gasteiger partial charge in [0.15, 0.2) is 11.5 Å². The zero-order valence-corrected chi connectivity index (χ0v) is 13.8. The fraction of sp³-hybridized carbons (Fsp3) is 0.588. The van der Waals surface area contributed by atoms with Gasteiger partial charge >= 0.3 is 0 Å². The highest BCUT2D eigenvalue weighted by Gasteiger charge is 2.35. The Morgan fingerprint density at radius 2 is 1.95 bits per heavy atom. The second-order valence-electron chi connectivity index (χ2n) is 6.78. The predicted molar refractivity (Wildman–Crippen MR) is 86.0 cm³/mol. The van der Waals surface area contributed by atoms with E-state index < -0.39 is 0 Å². The van der Waals surface area contributed by atoms with Crippen molar-refractivity contribution >= 4 is 0 Å². The minimum Gasteiger partial charge on any atom is -0.504 e. The Morgan fingerprint density at radius 1 is 1.32 bits per heavy atom. The molecule has 1 saturated heterocycles. The molecule has 1 aromatic rings. The summed E-state index contributed by atoms with van der Waals surface area (Å²) in [7, 11) is 1.51. The molecule has 1 aliphatic heterocycles. The molecule has 0 aromatic heterocycles. The molecular weight excluding hydrogens is 278 g/mol. The summed E-state index contributed by atoms with van der Waals surface area (Å²) in [5, 5.41) is 23.2. The molecule has 0 aliphatic carbocycles. The number of ether oxygens (including phenoxy) is 1. The molecule has 120 valence electrons. The van der Waals surface area contributed by atoms with Crippen LogP contribution in [0.4, 0.5) is 0 Å². The number of phenols is 1. The fourth-order valence-electron chi connectivity index (χ4n) is 3.21. The lowest BCUT2D eigenvalue weighted by atomic mass is 9.80. The number of piperazine rings is 1. The maximum atomic E-state index is 10.6. The Morgan fingerprint density at radius 3 is 2.45 bits per heavy atom. The molecule has 22 heavy (non-hydrogen) atoms. The van der Waals surface area contributed by atoms with Crippen LogP contribution in [-0.4, -0.2) is 43.3 Å². The molecule has 0 amide bonds. The smallest absolute Gasteiger partial charge is 0.162 e. The lowest BCUT2D eigenvalue weighted by molar-refractivity contribution is 0.0839. The third-order valence-electron chi connectivity index (χ3n) is 4.09. The van der Waals surface area contributed by atoms with Gasteiger partial charge in [0.2, 0.25) is 0 Å². The Balaban J connectivity index is 2.54. The van der Waals surface area contributed by atoms with Crippen LogP contribution in [0, 0.1) is 16.7 Å². The monoisotopic (exact) mass is 303 g/mol. The summed E-state index contributed by atoms with van der Waals surface area (Å²) in [6.07, 6.45) is 0. The summed E-state index contributed by atoms with van der Waals surface area (Å²) in [6, 6.07) is 5.55. The van der Waals surface area contributed by atoms with E-state index in [0.29, 0.717) is 11.3 Å². The van der Waals surface area contributed by atoms with E-state index in [-0.39, 0.29) is 17.2 Å². The zero-order valence-electron chi connectivity index (χ0n) is 13.8. The van der Waals surface area contributed by atoms with Crippen molar-refractivity contribution in [1.82, 2.24) is 10.2 Å². The molecule has 0 spiro atoms. The van der Waals surface area contributed by atoms with Crippen LogP contribution in [0.5, 0.6) is 11.5 Å². The number of hydrogen-bond acceptors (Lipinski definition) is 5. The van der Waals surface area contributed by atoms with E-state index in [4.69, 9.17) is 4.74 Å². The molecule has 0 radical (unpaired) electrons. The number of nitrogens with one attached hydrogen (secondary N) is 1. The largest absolute Gasteiger partial charge is 0.504 e. The van der Waals surface area contributed by atoms with Crippen molar-refractivity contribution < 1.29 is 9.84 Å². The van der Waals surface area contributed by atoms with E-state index >= 15 is 0 Å². The number of benzene rings is 1. The van der Waals surface area contributed by atoms with Gasteiger partial charge in [0.25, 0.3) is 0 Å². The van der Waals surface area contributed by atoms with Crippen LogP contribution in [0.2, 0.25) is 0 Å². The summed E-state index contributed by atoms with van der Waals surface area (Å²) in [6.45, 7) is 10.2. The minimum atomic E-state index is -0.0755. The topological polar surface area (TPSA) is 68.5 Å². The van der Waals surface area contributed by atoms with Crippen LogP contribution in [0.25, 0.3) is 0 Å². The second kappa shape index (κ2) is 6.55. The number of methoxy groups -OCH3 is 1. The Labute approximate surface area is 132 Å². The van der Waals surface area contributed by atoms with Gasteiger partial charge in [-0.15, -0.1) is 0 Å². The number of nitrogens with zero attached hydrogens (tertiary/aromatic N) is 2. The third kappa shape index (κ3) is 3.34. The van der Waals surface area contributed by atoms with Crippen molar-refractivity contribution in [3.05, 3.63) is 23.3 Å². The first-order valence-electron chi connectivity index (χ1n) is 7.64. The molecule has 5 heteroatoms. The Hall–Kier alpha value is -1.77. The fourth-order valence-corrected chi connectivity index (χ4v) is 3.21. The maximum absolute atomic E-state index is 10.6. The maximum Gasteiger partial charge on any atom is 0.162 e. The lowest BCUT2D eigenvalue weighted by Crippen LogP contribution is -2.48. The molecule has 5 nitrogen and oxygen atoms in total. The highest BCUT2D eigenvalue weighted by Crippen LogP contribution is 2.45. The van der Waals surface area contributed by atoms with E-state index in [1.54, 1.807) is 12.1 Å². The van der Waals surface area contributed by atoms with Gasteiger partial charge in [-0.3, -0.25) is 4.90 Å². The standard InChI is InChI=1S/C17H25N3O2/c1-17(2,3)16(20-7-5-19-6-8-20)13-9-12(11-18)10-14(22-4)15(13)21/h9-10,16,19,21H,5-8H2,1-4H3/t16-/m0/s1. The zero-order chi connectivity index (χ0) is 16.3. The summed E-state index contributed by atoms with van der Waals surface area (Å²) >= 11 is 0. The first-order valence-corrected chi connectivity index (χ1v) is 7.64. The molecule has 1 aromatic carbocycles. The number of aromatic hydroxyl groups is 1. The van der Waals surface area contributed by atoms with Crippen LogP contribution in [0.3, 0.4) is 0 Å². The number of nitriles is 1. The van der Waals surface area contributed by atoms with Gasteiger partial charge in [-0.2, -0.15) is 5.26 Å². The SMILES string of the molecule is COc1cc(C#N)cc([C@H](N2CCNCC2)C(C)(C)C)c1O. The van der Waals surface area contributed by atoms with Gasteiger partial charge in [0, 0.05) is 43.9 Å². The molecule has 1 fully saturated rings. The molecule has 1 aliphatic rings. The van der Waals surface area contributed by atoms with E-state index in [9.17, 15) is 10.4 Å². The summed E-state index contributed by atoms with van der Waals surface area (Å²) in [5.74, 6) is 0.499. The molecule has 0 saturated carbocycles. The van der Waals surface area contributed by atoms with Gasteiger partial charge in [-0.25, -0.2) is 0 Å². The highest BCUT2D eigenvalue weighted by molar-refractivity contribution is 5.53. The molecule has 1 atom stereocenters. The van der Waals surface area contributed by atoms with Crippen molar-refractivity contribution in [3.8, 4) is 17.6 Å². The van der Waals surface area contributed by atoms with Gasteiger partial charge in [0.1, 0.15) is 0 Å². The van der Waals surface area contributed by atoms with Crippen LogP contribution in [0.15, 0.2) is 12.1 Å². The molecule has 0 unspecified atom stereocenters. The van der Waals surface area contributed by atoms with E-state index in [1.165, 1.54) is 7.11 Å². The van der Waals surface area contributed by atoms with E-state index in [2.05, 4.69) is 37.1 Å². The van der Waals surface area contributed by atoms with Crippen LogP contribution in [-0.2, 0) is 0 Å². The van der Waals surface area contributed by atoms with Crippen molar-refractivity contribution in [2.75, 3.05) is 33.3 Å². The van der Waals surface area contributed by atoms with Gasteiger partial charge in [-0.05, 0) is 11.5 Å². The van der Waals surface area contributed by atoms with Crippen molar-refractivity contribution in [3.63, 3.8) is 0 Å². The quantitative estimate of drug-likeness (QED) is 0.896. The molecule has 1 heterocycles. The van der Waals surface area contributed by atoms with Crippen molar-refractivity contribution in [2.24, 2.45) is 5.41 Å². The minimum absolute atomic E-state index is 0.0248. The van der Waals surface area contributed by atoms with Gasteiger partial charge < -0.3 is 15.2 Å². The number of phenolic OH excluding ortho intramolecular Hbond substituents is 1. The van der Waals surface area contributed by atoms with E-state index in [0.717, 1.165) is 31.7 Å². The average molecular weight is 303 g/mol. The van der Waals surface area contributed by atoms with Crippen LogP contribution >= 0.6 is 0 Å². The first kappa shape index (κ1) is 16.6. The van der Waals surface area contributed by atoms with Crippen LogP contribution in [0.1, 0.15) is 37.9 Å². The van der Waals surface area contributed by atoms with Crippen molar-refractivity contribution in [2.45, 2.75) is 26.8 Å². The average Bonchev–Trinajstić information content (AvgIpc) is 2.49. The second-order valence-corrected chi connectivity index (χ2v) is 6.78. The normalized spacial score (nSPS) is 17.8. The Kier molecular flexibility index (Phi) is 4.94. The number of hydrogen-bond donors (Lipinski definition) is 2. The Bertz CT molecular complexity index is 566. The van der Waals surface area contributed by atoms with E-state index in [1.807, 2.05) is 0 Å². The summed E-state index contributed by atoms with van der Waals surface area (Å²) in [4.78, 5) is 2.37. The van der Waals surface area contributed by atoms with Gasteiger partial charge in [0.05, 0.1) is 18.7 Å².